The predicted molar refractivity (Wildman–Crippen MR) is 83.7 cm³/mol. The molecule has 0 bridgehead atoms. The molecule has 2 rings (SSSR count). The smallest absolute Gasteiger partial charge is 0.193 e. The van der Waals surface area contributed by atoms with Crippen molar-refractivity contribution in [2.45, 2.75) is 6.42 Å². The van der Waals surface area contributed by atoms with Gasteiger partial charge in [-0.25, -0.2) is 0 Å². The van der Waals surface area contributed by atoms with E-state index >= 15 is 0 Å². The van der Waals surface area contributed by atoms with Gasteiger partial charge < -0.3 is 15.8 Å². The van der Waals surface area contributed by atoms with E-state index in [9.17, 15) is 4.39 Å². The van der Waals surface area contributed by atoms with Crippen molar-refractivity contribution >= 4 is 11.6 Å². The molecule has 0 saturated carbocycles. The standard InChI is InChI=1S/C16H18FN3O/c17-10-5-11-19-16(18)20-13-6-4-9-15(12-13)21-14-7-2-1-3-8-14/h1-4,6-9,12H,5,10-11H2,(H3,18,19,20). The molecule has 2 aromatic rings. The van der Waals surface area contributed by atoms with Gasteiger partial charge in [0.2, 0.25) is 0 Å². The first-order valence-electron chi connectivity index (χ1n) is 6.74. The topological polar surface area (TPSA) is 59.6 Å². The van der Waals surface area contributed by atoms with Gasteiger partial charge in [0.15, 0.2) is 5.96 Å². The van der Waals surface area contributed by atoms with Crippen molar-refractivity contribution in [3.05, 3.63) is 54.6 Å². The van der Waals surface area contributed by atoms with Gasteiger partial charge in [-0.2, -0.15) is 0 Å². The van der Waals surface area contributed by atoms with Crippen LogP contribution in [0, 0.1) is 0 Å². The van der Waals surface area contributed by atoms with Crippen molar-refractivity contribution < 1.29 is 9.13 Å². The molecule has 0 heterocycles. The summed E-state index contributed by atoms with van der Waals surface area (Å²) in [4.78, 5) is 4.03. The molecule has 0 aromatic heterocycles. The number of ether oxygens (including phenoxy) is 1. The Morgan fingerprint density at radius 2 is 1.86 bits per heavy atom. The second kappa shape index (κ2) is 7.89. The van der Waals surface area contributed by atoms with E-state index in [-0.39, 0.29) is 5.96 Å². The monoisotopic (exact) mass is 287 g/mol. The molecule has 110 valence electrons. The lowest BCUT2D eigenvalue weighted by molar-refractivity contribution is 0.477. The highest BCUT2D eigenvalue weighted by atomic mass is 19.1. The Morgan fingerprint density at radius 1 is 1.10 bits per heavy atom. The zero-order valence-electron chi connectivity index (χ0n) is 11.6. The number of rotatable bonds is 6. The third kappa shape index (κ3) is 5.14. The number of halogens is 1. The number of hydrogen-bond donors (Lipinski definition) is 2. The van der Waals surface area contributed by atoms with Gasteiger partial charge >= 0.3 is 0 Å². The second-order valence-corrected chi connectivity index (χ2v) is 4.38. The number of alkyl halides is 1. The van der Waals surface area contributed by atoms with Crippen molar-refractivity contribution in [1.82, 2.24) is 0 Å². The number of nitrogens with zero attached hydrogens (tertiary/aromatic N) is 1. The number of nitrogens with two attached hydrogens (primary N) is 1. The first-order chi connectivity index (χ1) is 10.3. The first kappa shape index (κ1) is 14.8. The molecule has 0 radical (unpaired) electrons. The van der Waals surface area contributed by atoms with Crippen LogP contribution >= 0.6 is 0 Å². The van der Waals surface area contributed by atoms with E-state index in [4.69, 9.17) is 10.5 Å². The Kier molecular flexibility index (Phi) is 5.58. The molecule has 5 heteroatoms. The molecule has 0 saturated heterocycles. The van der Waals surface area contributed by atoms with Gasteiger partial charge in [-0.1, -0.05) is 24.3 Å². The highest BCUT2D eigenvalue weighted by molar-refractivity contribution is 5.92. The number of para-hydroxylation sites is 1. The molecule has 0 aliphatic heterocycles. The average Bonchev–Trinajstić information content (AvgIpc) is 2.49. The summed E-state index contributed by atoms with van der Waals surface area (Å²) in [5.74, 6) is 1.72. The van der Waals surface area contributed by atoms with Gasteiger partial charge in [0.25, 0.3) is 0 Å². The van der Waals surface area contributed by atoms with Crippen LogP contribution in [0.2, 0.25) is 0 Å². The van der Waals surface area contributed by atoms with Crippen LogP contribution in [0.1, 0.15) is 6.42 Å². The Hall–Kier alpha value is -2.56. The van der Waals surface area contributed by atoms with E-state index in [1.165, 1.54) is 0 Å². The zero-order chi connectivity index (χ0) is 14.9. The quantitative estimate of drug-likeness (QED) is 0.485. The van der Waals surface area contributed by atoms with E-state index in [2.05, 4.69) is 10.3 Å². The molecule has 0 unspecified atom stereocenters. The van der Waals surface area contributed by atoms with E-state index in [1.54, 1.807) is 0 Å². The molecular weight excluding hydrogens is 269 g/mol. The van der Waals surface area contributed by atoms with Crippen LogP contribution in [0.4, 0.5) is 10.1 Å². The third-order valence-electron chi connectivity index (χ3n) is 2.66. The minimum absolute atomic E-state index is 0.264. The SMILES string of the molecule is NC(=NCCCF)Nc1cccc(Oc2ccccc2)c1. The largest absolute Gasteiger partial charge is 0.457 e. The summed E-state index contributed by atoms with van der Waals surface area (Å²) < 4.78 is 17.7. The summed E-state index contributed by atoms with van der Waals surface area (Å²) in [5, 5.41) is 2.95. The van der Waals surface area contributed by atoms with E-state index in [0.29, 0.717) is 18.7 Å². The van der Waals surface area contributed by atoms with Gasteiger partial charge in [0.1, 0.15) is 11.5 Å². The normalized spacial score (nSPS) is 11.2. The molecular formula is C16H18FN3O. The molecule has 2 aromatic carbocycles. The van der Waals surface area contributed by atoms with Crippen molar-refractivity contribution in [3.63, 3.8) is 0 Å². The van der Waals surface area contributed by atoms with Crippen LogP contribution < -0.4 is 15.8 Å². The lowest BCUT2D eigenvalue weighted by atomic mass is 10.3. The maximum absolute atomic E-state index is 12.0. The Labute approximate surface area is 123 Å². The van der Waals surface area contributed by atoms with Gasteiger partial charge in [0.05, 0.1) is 6.67 Å². The number of guanidine groups is 1. The van der Waals surface area contributed by atoms with E-state index in [1.807, 2.05) is 54.6 Å². The molecule has 0 spiro atoms. The average molecular weight is 287 g/mol. The fraction of sp³-hybridized carbons (Fsp3) is 0.188. The first-order valence-corrected chi connectivity index (χ1v) is 6.74. The van der Waals surface area contributed by atoms with Crippen molar-refractivity contribution in [3.8, 4) is 11.5 Å². The molecule has 0 amide bonds. The summed E-state index contributed by atoms with van der Waals surface area (Å²) in [6.07, 6.45) is 0.375. The van der Waals surface area contributed by atoms with Crippen molar-refractivity contribution in [2.75, 3.05) is 18.5 Å². The maximum Gasteiger partial charge on any atom is 0.193 e. The summed E-state index contributed by atoms with van der Waals surface area (Å²) in [7, 11) is 0. The van der Waals surface area contributed by atoms with Crippen LogP contribution in [0.5, 0.6) is 11.5 Å². The highest BCUT2D eigenvalue weighted by Gasteiger charge is 2.00. The molecule has 0 aliphatic rings. The summed E-state index contributed by atoms with van der Waals surface area (Å²) in [6.45, 7) is -0.0211. The lowest BCUT2D eigenvalue weighted by Crippen LogP contribution is -2.22. The van der Waals surface area contributed by atoms with Gasteiger partial charge in [0, 0.05) is 18.3 Å². The minimum Gasteiger partial charge on any atom is -0.457 e. The molecule has 0 atom stereocenters. The van der Waals surface area contributed by atoms with Crippen LogP contribution in [0.3, 0.4) is 0 Å². The predicted octanol–water partition coefficient (Wildman–Crippen LogP) is 3.57. The van der Waals surface area contributed by atoms with Crippen LogP contribution in [0.25, 0.3) is 0 Å². The van der Waals surface area contributed by atoms with Gasteiger partial charge in [-0.3, -0.25) is 9.38 Å². The third-order valence-corrected chi connectivity index (χ3v) is 2.66. The zero-order valence-corrected chi connectivity index (χ0v) is 11.6. The Balaban J connectivity index is 1.99. The molecule has 21 heavy (non-hydrogen) atoms. The number of nitrogens with one attached hydrogen (secondary N) is 1. The van der Waals surface area contributed by atoms with Gasteiger partial charge in [-0.15, -0.1) is 0 Å². The summed E-state index contributed by atoms with van der Waals surface area (Å²) in [6, 6.07) is 16.9. The van der Waals surface area contributed by atoms with Crippen LogP contribution in [0.15, 0.2) is 59.6 Å². The number of hydrogen-bond acceptors (Lipinski definition) is 2. The maximum atomic E-state index is 12.0. The number of aliphatic imine (C=N–C) groups is 1. The minimum atomic E-state index is -0.392. The highest BCUT2D eigenvalue weighted by Crippen LogP contribution is 2.23. The summed E-state index contributed by atoms with van der Waals surface area (Å²) in [5.41, 5.74) is 6.49. The van der Waals surface area contributed by atoms with Crippen molar-refractivity contribution in [2.24, 2.45) is 10.7 Å². The van der Waals surface area contributed by atoms with E-state index < -0.39 is 6.67 Å². The number of benzene rings is 2. The fourth-order valence-electron chi connectivity index (χ4n) is 1.71. The molecule has 0 aliphatic carbocycles. The van der Waals surface area contributed by atoms with Crippen LogP contribution in [-0.4, -0.2) is 19.2 Å². The van der Waals surface area contributed by atoms with E-state index in [0.717, 1.165) is 11.4 Å². The molecule has 4 nitrogen and oxygen atoms in total. The van der Waals surface area contributed by atoms with Crippen molar-refractivity contribution in [1.29, 1.82) is 0 Å². The fourth-order valence-corrected chi connectivity index (χ4v) is 1.71. The summed E-state index contributed by atoms with van der Waals surface area (Å²) >= 11 is 0. The second-order valence-electron chi connectivity index (χ2n) is 4.38. The molecule has 0 fully saturated rings. The molecule has 3 N–H and O–H groups in total. The Morgan fingerprint density at radius 3 is 2.62 bits per heavy atom. The van der Waals surface area contributed by atoms with Gasteiger partial charge in [-0.05, 0) is 30.7 Å². The van der Waals surface area contributed by atoms with Crippen LogP contribution in [-0.2, 0) is 0 Å². The lowest BCUT2D eigenvalue weighted by Gasteiger charge is -2.09. The Bertz CT molecular complexity index is 587. The number of anilines is 1.